The average Bonchev–Trinajstić information content (AvgIpc) is 3.23. The maximum atomic E-state index is 11.5. The molecule has 1 saturated heterocycles. The molecule has 3 rings (SSSR count). The van der Waals surface area contributed by atoms with Gasteiger partial charge in [0.1, 0.15) is 9.84 Å². The molecule has 4 nitrogen and oxygen atoms in total. The molecule has 19 heavy (non-hydrogen) atoms. The van der Waals surface area contributed by atoms with E-state index in [4.69, 9.17) is 4.74 Å². The van der Waals surface area contributed by atoms with Crippen molar-refractivity contribution in [2.45, 2.75) is 50.7 Å². The molecule has 1 heterocycles. The average molecular weight is 287 g/mol. The Hall–Kier alpha value is -0.130. The summed E-state index contributed by atoms with van der Waals surface area (Å²) >= 11 is 0. The first-order valence-corrected chi connectivity index (χ1v) is 9.57. The van der Waals surface area contributed by atoms with Gasteiger partial charge in [0.2, 0.25) is 0 Å². The number of ether oxygens (including phenoxy) is 1. The van der Waals surface area contributed by atoms with Gasteiger partial charge in [0.25, 0.3) is 0 Å². The molecular formula is C14H25NO3S. The van der Waals surface area contributed by atoms with Gasteiger partial charge in [0.15, 0.2) is 0 Å². The summed E-state index contributed by atoms with van der Waals surface area (Å²) in [5, 5.41) is 3.61. The van der Waals surface area contributed by atoms with Gasteiger partial charge in [-0.15, -0.1) is 0 Å². The first-order chi connectivity index (χ1) is 8.99. The summed E-state index contributed by atoms with van der Waals surface area (Å²) in [5.41, 5.74) is 0.0623. The third-order valence-electron chi connectivity index (χ3n) is 4.84. The van der Waals surface area contributed by atoms with Crippen molar-refractivity contribution in [3.8, 4) is 0 Å². The second kappa shape index (κ2) is 5.01. The summed E-state index contributed by atoms with van der Waals surface area (Å²) in [6, 6.07) is 0.676. The van der Waals surface area contributed by atoms with Gasteiger partial charge < -0.3 is 10.1 Å². The molecular weight excluding hydrogens is 262 g/mol. The van der Waals surface area contributed by atoms with E-state index in [-0.39, 0.29) is 5.41 Å². The van der Waals surface area contributed by atoms with E-state index < -0.39 is 9.84 Å². The molecule has 0 aromatic heterocycles. The number of rotatable bonds is 7. The minimum absolute atomic E-state index is 0.0623. The minimum Gasteiger partial charge on any atom is -0.377 e. The van der Waals surface area contributed by atoms with Crippen LogP contribution in [0.15, 0.2) is 0 Å². The molecule has 0 spiro atoms. The first-order valence-electron chi connectivity index (χ1n) is 7.51. The van der Waals surface area contributed by atoms with Crippen LogP contribution in [0.2, 0.25) is 0 Å². The molecule has 3 aliphatic rings. The van der Waals surface area contributed by atoms with Crippen LogP contribution in [0.5, 0.6) is 0 Å². The fourth-order valence-corrected chi connectivity index (χ4v) is 4.09. The highest BCUT2D eigenvalue weighted by atomic mass is 32.2. The summed E-state index contributed by atoms with van der Waals surface area (Å²) in [6.45, 7) is 1.74. The topological polar surface area (TPSA) is 55.4 Å². The van der Waals surface area contributed by atoms with E-state index in [1.165, 1.54) is 31.9 Å². The molecule has 110 valence electrons. The Kier molecular flexibility index (Phi) is 3.65. The molecule has 0 radical (unpaired) electrons. The standard InChI is InChI=1S/C14H25NO3S/c1-19(16,17)9-7-14(10-15-12-4-5-12)6-8-18-13(14)11-2-3-11/h11-13,15H,2-10H2,1H3. The van der Waals surface area contributed by atoms with Crippen LogP contribution in [-0.2, 0) is 14.6 Å². The smallest absolute Gasteiger partial charge is 0.147 e. The van der Waals surface area contributed by atoms with E-state index in [1.54, 1.807) is 0 Å². The van der Waals surface area contributed by atoms with Crippen molar-refractivity contribution >= 4 is 9.84 Å². The number of sulfone groups is 1. The van der Waals surface area contributed by atoms with E-state index in [0.29, 0.717) is 23.8 Å². The Labute approximate surface area is 116 Å². The lowest BCUT2D eigenvalue weighted by Gasteiger charge is -2.34. The predicted octanol–water partition coefficient (Wildman–Crippen LogP) is 1.36. The normalized spacial score (nSPS) is 35.7. The van der Waals surface area contributed by atoms with Gasteiger partial charge in [-0.3, -0.25) is 0 Å². The van der Waals surface area contributed by atoms with Gasteiger partial charge in [0, 0.05) is 30.9 Å². The third kappa shape index (κ3) is 3.50. The SMILES string of the molecule is CS(=O)(=O)CCC1(CNC2CC2)CCOC1C1CC1. The summed E-state index contributed by atoms with van der Waals surface area (Å²) < 4.78 is 29.0. The lowest BCUT2D eigenvalue weighted by Crippen LogP contribution is -2.43. The van der Waals surface area contributed by atoms with Crippen LogP contribution in [-0.4, -0.2) is 45.7 Å². The zero-order valence-electron chi connectivity index (χ0n) is 11.7. The number of nitrogens with one attached hydrogen (secondary N) is 1. The highest BCUT2D eigenvalue weighted by Gasteiger charge is 2.51. The molecule has 2 atom stereocenters. The van der Waals surface area contributed by atoms with Crippen molar-refractivity contribution in [2.75, 3.05) is 25.2 Å². The molecule has 1 aliphatic heterocycles. The first kappa shape index (κ1) is 13.8. The van der Waals surface area contributed by atoms with Crippen LogP contribution in [0.1, 0.15) is 38.5 Å². The minimum atomic E-state index is -2.88. The van der Waals surface area contributed by atoms with Crippen molar-refractivity contribution in [3.63, 3.8) is 0 Å². The molecule has 3 fully saturated rings. The summed E-state index contributed by atoms with van der Waals surface area (Å²) in [5.74, 6) is 0.981. The zero-order chi connectivity index (χ0) is 13.5. The van der Waals surface area contributed by atoms with Crippen LogP contribution >= 0.6 is 0 Å². The Morgan fingerprint density at radius 1 is 1.26 bits per heavy atom. The summed E-state index contributed by atoms with van der Waals surface area (Å²) in [7, 11) is -2.88. The van der Waals surface area contributed by atoms with Crippen molar-refractivity contribution < 1.29 is 13.2 Å². The van der Waals surface area contributed by atoms with Gasteiger partial charge in [-0.2, -0.15) is 0 Å². The van der Waals surface area contributed by atoms with Crippen molar-refractivity contribution in [2.24, 2.45) is 11.3 Å². The van der Waals surface area contributed by atoms with Gasteiger partial charge in [-0.1, -0.05) is 0 Å². The maximum absolute atomic E-state index is 11.5. The predicted molar refractivity (Wildman–Crippen MR) is 74.9 cm³/mol. The molecule has 5 heteroatoms. The fourth-order valence-electron chi connectivity index (χ4n) is 3.31. The van der Waals surface area contributed by atoms with E-state index in [0.717, 1.165) is 26.0 Å². The van der Waals surface area contributed by atoms with E-state index >= 15 is 0 Å². The van der Waals surface area contributed by atoms with Crippen LogP contribution in [0.3, 0.4) is 0 Å². The lowest BCUT2D eigenvalue weighted by atomic mass is 9.76. The third-order valence-corrected chi connectivity index (χ3v) is 5.79. The molecule has 0 amide bonds. The Balaban J connectivity index is 1.68. The number of hydrogen-bond acceptors (Lipinski definition) is 4. The Morgan fingerprint density at radius 3 is 2.58 bits per heavy atom. The van der Waals surface area contributed by atoms with Crippen LogP contribution in [0.25, 0.3) is 0 Å². The van der Waals surface area contributed by atoms with Crippen molar-refractivity contribution in [1.29, 1.82) is 0 Å². The van der Waals surface area contributed by atoms with Gasteiger partial charge in [0.05, 0.1) is 11.9 Å². The molecule has 0 aromatic carbocycles. The monoisotopic (exact) mass is 287 g/mol. The fraction of sp³-hybridized carbons (Fsp3) is 1.00. The maximum Gasteiger partial charge on any atom is 0.147 e. The molecule has 0 bridgehead atoms. The van der Waals surface area contributed by atoms with Crippen LogP contribution in [0.4, 0.5) is 0 Å². The Morgan fingerprint density at radius 2 is 2.00 bits per heavy atom. The largest absolute Gasteiger partial charge is 0.377 e. The van der Waals surface area contributed by atoms with Gasteiger partial charge in [-0.25, -0.2) is 8.42 Å². The molecule has 2 saturated carbocycles. The van der Waals surface area contributed by atoms with Gasteiger partial charge >= 0.3 is 0 Å². The zero-order valence-corrected chi connectivity index (χ0v) is 12.5. The summed E-state index contributed by atoms with van der Waals surface area (Å²) in [6.07, 6.45) is 8.48. The molecule has 2 unspecified atom stereocenters. The van der Waals surface area contributed by atoms with E-state index in [9.17, 15) is 8.42 Å². The van der Waals surface area contributed by atoms with Crippen molar-refractivity contribution in [1.82, 2.24) is 5.32 Å². The van der Waals surface area contributed by atoms with Crippen LogP contribution in [0, 0.1) is 11.3 Å². The molecule has 2 aliphatic carbocycles. The van der Waals surface area contributed by atoms with E-state index in [1.807, 2.05) is 0 Å². The molecule has 1 N–H and O–H groups in total. The van der Waals surface area contributed by atoms with Crippen LogP contribution < -0.4 is 5.32 Å². The number of hydrogen-bond donors (Lipinski definition) is 1. The van der Waals surface area contributed by atoms with E-state index in [2.05, 4.69) is 5.32 Å². The van der Waals surface area contributed by atoms with Gasteiger partial charge in [-0.05, 0) is 44.4 Å². The summed E-state index contributed by atoms with van der Waals surface area (Å²) in [4.78, 5) is 0. The Bertz CT molecular complexity index is 428. The quantitative estimate of drug-likeness (QED) is 0.768. The lowest BCUT2D eigenvalue weighted by molar-refractivity contribution is 0.0290. The second-order valence-electron chi connectivity index (χ2n) is 6.78. The highest BCUT2D eigenvalue weighted by molar-refractivity contribution is 7.90. The second-order valence-corrected chi connectivity index (χ2v) is 9.04. The molecule has 0 aromatic rings. The highest BCUT2D eigenvalue weighted by Crippen LogP contribution is 2.49. The van der Waals surface area contributed by atoms with Crippen molar-refractivity contribution in [3.05, 3.63) is 0 Å².